The molecule has 2 aliphatic heterocycles. The minimum absolute atomic E-state index is 0.178. The van der Waals surface area contributed by atoms with E-state index in [0.29, 0.717) is 0 Å². The SMILES string of the molecule is O=C(OCC1(OC2OC(CO)C(O)C(O)C2O)OC(CO)C(O)C1O)c1ccccc1. The highest BCUT2D eigenvalue weighted by atomic mass is 16.8. The van der Waals surface area contributed by atoms with E-state index in [-0.39, 0.29) is 5.56 Å². The maximum Gasteiger partial charge on any atom is 0.338 e. The highest BCUT2D eigenvalue weighted by Gasteiger charge is 2.59. The maximum absolute atomic E-state index is 12.3. The van der Waals surface area contributed by atoms with Crippen molar-refractivity contribution in [3.8, 4) is 0 Å². The smallest absolute Gasteiger partial charge is 0.338 e. The van der Waals surface area contributed by atoms with E-state index in [2.05, 4.69) is 0 Å². The fourth-order valence-electron chi connectivity index (χ4n) is 3.44. The summed E-state index contributed by atoms with van der Waals surface area (Å²) in [6, 6.07) is 7.84. The third kappa shape index (κ3) is 4.73. The molecule has 9 unspecified atom stereocenters. The van der Waals surface area contributed by atoms with Crippen molar-refractivity contribution >= 4 is 5.97 Å². The van der Waals surface area contributed by atoms with Gasteiger partial charge in [-0.2, -0.15) is 0 Å². The van der Waals surface area contributed by atoms with Gasteiger partial charge in [-0.25, -0.2) is 4.79 Å². The van der Waals surface area contributed by atoms with Crippen molar-refractivity contribution in [1.82, 2.24) is 0 Å². The third-order valence-electron chi connectivity index (χ3n) is 5.26. The lowest BCUT2D eigenvalue weighted by atomic mass is 9.99. The summed E-state index contributed by atoms with van der Waals surface area (Å²) in [6.45, 7) is -2.23. The Morgan fingerprint density at radius 1 is 0.903 bits per heavy atom. The number of hydrogen-bond donors (Lipinski definition) is 7. The molecule has 2 saturated heterocycles. The van der Waals surface area contributed by atoms with E-state index < -0.39 is 80.6 Å². The van der Waals surface area contributed by atoms with Gasteiger partial charge in [-0.3, -0.25) is 0 Å². The molecule has 0 spiro atoms. The van der Waals surface area contributed by atoms with Gasteiger partial charge in [0, 0.05) is 0 Å². The Kier molecular flexibility index (Phi) is 7.59. The highest BCUT2D eigenvalue weighted by Crippen LogP contribution is 2.36. The first-order valence-electron chi connectivity index (χ1n) is 9.59. The molecule has 2 fully saturated rings. The molecule has 3 rings (SSSR count). The first-order chi connectivity index (χ1) is 14.7. The summed E-state index contributed by atoms with van der Waals surface area (Å²) in [5, 5.41) is 69.6. The summed E-state index contributed by atoms with van der Waals surface area (Å²) < 4.78 is 21.4. The molecule has 12 nitrogen and oxygen atoms in total. The van der Waals surface area contributed by atoms with Crippen molar-refractivity contribution in [2.75, 3.05) is 19.8 Å². The second-order valence-electron chi connectivity index (χ2n) is 7.34. The zero-order chi connectivity index (χ0) is 22.8. The Bertz CT molecular complexity index is 730. The second-order valence-corrected chi connectivity index (χ2v) is 7.34. The number of rotatable bonds is 7. The van der Waals surface area contributed by atoms with E-state index in [1.165, 1.54) is 12.1 Å². The molecule has 0 radical (unpaired) electrons. The molecule has 2 aliphatic rings. The summed E-state index contributed by atoms with van der Waals surface area (Å²) in [6.07, 6.45) is -13.2. The van der Waals surface area contributed by atoms with Crippen LogP contribution in [0.5, 0.6) is 0 Å². The van der Waals surface area contributed by atoms with Crippen molar-refractivity contribution in [1.29, 1.82) is 0 Å². The number of esters is 1. The average Bonchev–Trinajstić information content (AvgIpc) is 3.03. The van der Waals surface area contributed by atoms with Crippen LogP contribution in [0.4, 0.5) is 0 Å². The van der Waals surface area contributed by atoms with Crippen molar-refractivity contribution < 1.29 is 59.5 Å². The van der Waals surface area contributed by atoms with Gasteiger partial charge < -0.3 is 54.7 Å². The van der Waals surface area contributed by atoms with Crippen molar-refractivity contribution in [3.63, 3.8) is 0 Å². The topological polar surface area (TPSA) is 196 Å². The molecule has 174 valence electrons. The maximum atomic E-state index is 12.3. The van der Waals surface area contributed by atoms with Gasteiger partial charge in [0.1, 0.15) is 49.3 Å². The molecule has 9 atom stereocenters. The number of carbonyl (C=O) groups excluding carboxylic acids is 1. The second kappa shape index (κ2) is 9.83. The van der Waals surface area contributed by atoms with E-state index >= 15 is 0 Å². The molecule has 0 aliphatic carbocycles. The van der Waals surface area contributed by atoms with Crippen molar-refractivity contribution in [2.45, 2.75) is 54.8 Å². The van der Waals surface area contributed by atoms with Crippen LogP contribution in [-0.2, 0) is 18.9 Å². The van der Waals surface area contributed by atoms with Crippen LogP contribution in [0, 0.1) is 0 Å². The lowest BCUT2D eigenvalue weighted by Crippen LogP contribution is -2.62. The van der Waals surface area contributed by atoms with Crippen molar-refractivity contribution in [2.24, 2.45) is 0 Å². The van der Waals surface area contributed by atoms with E-state index in [1.54, 1.807) is 18.2 Å². The Morgan fingerprint density at radius 3 is 2.13 bits per heavy atom. The lowest BCUT2D eigenvalue weighted by molar-refractivity contribution is -0.383. The number of aliphatic hydroxyl groups is 7. The van der Waals surface area contributed by atoms with Gasteiger partial charge >= 0.3 is 5.97 Å². The van der Waals surface area contributed by atoms with Crippen LogP contribution in [-0.4, -0.2) is 116 Å². The lowest BCUT2D eigenvalue weighted by Gasteiger charge is -2.43. The van der Waals surface area contributed by atoms with Crippen molar-refractivity contribution in [3.05, 3.63) is 35.9 Å². The Balaban J connectivity index is 1.82. The Hall–Kier alpha value is -1.71. The molecule has 0 bridgehead atoms. The zero-order valence-electron chi connectivity index (χ0n) is 16.3. The molecule has 0 aromatic heterocycles. The summed E-state index contributed by atoms with van der Waals surface area (Å²) in [5.74, 6) is -3.11. The molecular weight excluding hydrogens is 420 g/mol. The highest BCUT2D eigenvalue weighted by molar-refractivity contribution is 5.89. The van der Waals surface area contributed by atoms with Crippen LogP contribution in [0.15, 0.2) is 30.3 Å². The first-order valence-corrected chi connectivity index (χ1v) is 9.59. The van der Waals surface area contributed by atoms with E-state index in [0.717, 1.165) is 0 Å². The van der Waals surface area contributed by atoms with Crippen LogP contribution < -0.4 is 0 Å². The van der Waals surface area contributed by atoms with Crippen LogP contribution in [0.25, 0.3) is 0 Å². The van der Waals surface area contributed by atoms with Crippen LogP contribution in [0.2, 0.25) is 0 Å². The fourth-order valence-corrected chi connectivity index (χ4v) is 3.44. The molecule has 0 saturated carbocycles. The predicted octanol–water partition coefficient (Wildman–Crippen LogP) is -3.53. The van der Waals surface area contributed by atoms with Gasteiger partial charge in [0.2, 0.25) is 5.79 Å². The molecular formula is C19H26O12. The number of hydrogen-bond acceptors (Lipinski definition) is 12. The van der Waals surface area contributed by atoms with Gasteiger partial charge in [0.05, 0.1) is 18.8 Å². The first kappa shape index (κ1) is 23.9. The van der Waals surface area contributed by atoms with Gasteiger partial charge in [0.25, 0.3) is 0 Å². The van der Waals surface area contributed by atoms with Crippen LogP contribution in [0.1, 0.15) is 10.4 Å². The molecule has 31 heavy (non-hydrogen) atoms. The minimum atomic E-state index is -2.30. The minimum Gasteiger partial charge on any atom is -0.456 e. The van der Waals surface area contributed by atoms with Gasteiger partial charge in [-0.1, -0.05) is 18.2 Å². The van der Waals surface area contributed by atoms with Crippen LogP contribution in [0.3, 0.4) is 0 Å². The van der Waals surface area contributed by atoms with Gasteiger partial charge in [0.15, 0.2) is 6.29 Å². The average molecular weight is 446 g/mol. The molecule has 1 aromatic carbocycles. The number of aliphatic hydroxyl groups excluding tert-OH is 7. The Labute approximate surface area is 176 Å². The van der Waals surface area contributed by atoms with E-state index in [1.807, 2.05) is 0 Å². The van der Waals surface area contributed by atoms with Crippen LogP contribution >= 0.6 is 0 Å². The quantitative estimate of drug-likeness (QED) is 0.204. The predicted molar refractivity (Wildman–Crippen MR) is 98.3 cm³/mol. The van der Waals surface area contributed by atoms with Gasteiger partial charge in [-0.05, 0) is 12.1 Å². The summed E-state index contributed by atoms with van der Waals surface area (Å²) in [7, 11) is 0. The molecule has 12 heteroatoms. The van der Waals surface area contributed by atoms with E-state index in [9.17, 15) is 40.5 Å². The summed E-state index contributed by atoms with van der Waals surface area (Å²) in [5.41, 5.74) is 0.178. The summed E-state index contributed by atoms with van der Waals surface area (Å²) >= 11 is 0. The molecule has 0 amide bonds. The molecule has 7 N–H and O–H groups in total. The number of ether oxygens (including phenoxy) is 4. The molecule has 1 aromatic rings. The third-order valence-corrected chi connectivity index (χ3v) is 5.26. The fraction of sp³-hybridized carbons (Fsp3) is 0.632. The normalized spacial score (nSPS) is 40.6. The standard InChI is InChI=1S/C19H26O12/c20-6-10-12(22)14(24)15(25)18(29-10)31-19(16(26)13(23)11(7-21)30-19)8-28-17(27)9-4-2-1-3-5-9/h1-5,10-16,18,20-26H,6-8H2. The zero-order valence-corrected chi connectivity index (χ0v) is 16.3. The number of benzene rings is 1. The number of carbonyl (C=O) groups is 1. The summed E-state index contributed by atoms with van der Waals surface area (Å²) in [4.78, 5) is 12.3. The Morgan fingerprint density at radius 2 is 1.55 bits per heavy atom. The van der Waals surface area contributed by atoms with E-state index in [4.69, 9.17) is 18.9 Å². The molecule has 2 heterocycles. The van der Waals surface area contributed by atoms with Gasteiger partial charge in [-0.15, -0.1) is 0 Å². The monoisotopic (exact) mass is 446 g/mol. The largest absolute Gasteiger partial charge is 0.456 e.